The normalized spacial score (nSPS) is 10.1. The van der Waals surface area contributed by atoms with Gasteiger partial charge in [-0.05, 0) is 47.3 Å². The predicted molar refractivity (Wildman–Crippen MR) is 119 cm³/mol. The molecule has 0 atom stereocenters. The lowest BCUT2D eigenvalue weighted by Gasteiger charge is -2.11. The third kappa shape index (κ3) is 6.06. The molecule has 32 heavy (non-hydrogen) atoms. The first kappa shape index (κ1) is 22.8. The third-order valence-corrected chi connectivity index (χ3v) is 4.27. The van der Waals surface area contributed by atoms with Gasteiger partial charge in [0, 0.05) is 6.20 Å². The average Bonchev–Trinajstić information content (AvgIpc) is 2.81. The number of carbonyl (C=O) groups is 2. The number of nitrogens with zero attached hydrogens (tertiary/aromatic N) is 1. The fraction of sp³-hybridized carbons (Fsp3) is 0. The molecule has 1 heterocycles. The zero-order valence-corrected chi connectivity index (χ0v) is 16.6. The second kappa shape index (κ2) is 10.4. The van der Waals surface area contributed by atoms with Crippen LogP contribution in [0.15, 0.2) is 66.9 Å². The molecule has 0 fully saturated rings. The van der Waals surface area contributed by atoms with E-state index in [4.69, 9.17) is 0 Å². The molecule has 1 aromatic heterocycles. The molecule has 0 aliphatic rings. The van der Waals surface area contributed by atoms with Gasteiger partial charge >= 0.3 is 14.2 Å². The highest BCUT2D eigenvalue weighted by atomic mass is 16.4. The van der Waals surface area contributed by atoms with Crippen LogP contribution < -0.4 is 32.6 Å². The van der Waals surface area contributed by atoms with E-state index >= 15 is 0 Å². The van der Waals surface area contributed by atoms with E-state index in [1.165, 1.54) is 42.6 Å². The van der Waals surface area contributed by atoms with E-state index in [-0.39, 0.29) is 22.2 Å². The molecule has 0 saturated heterocycles. The summed E-state index contributed by atoms with van der Waals surface area (Å²) in [4.78, 5) is 28.4. The lowest BCUT2D eigenvalue weighted by molar-refractivity contribution is 0.0946. The van der Waals surface area contributed by atoms with Crippen molar-refractivity contribution in [3.05, 3.63) is 78.1 Å². The molecule has 0 aliphatic carbocycles. The summed E-state index contributed by atoms with van der Waals surface area (Å²) in [6.07, 6.45) is 1.22. The Morgan fingerprint density at radius 2 is 1.25 bits per heavy atom. The highest BCUT2D eigenvalue weighted by Crippen LogP contribution is 2.06. The number of amides is 2. The lowest BCUT2D eigenvalue weighted by Crippen LogP contribution is -2.33. The number of hydrogen-bond donors (Lipinski definition) is 8. The maximum absolute atomic E-state index is 12.2. The zero-order valence-electron chi connectivity index (χ0n) is 16.6. The zero-order chi connectivity index (χ0) is 23.1. The molecule has 0 spiro atoms. The first-order chi connectivity index (χ1) is 15.3. The molecule has 0 unspecified atom stereocenters. The van der Waals surface area contributed by atoms with Crippen molar-refractivity contribution in [2.45, 2.75) is 0 Å². The monoisotopic (exact) mass is 435 g/mol. The van der Waals surface area contributed by atoms with Gasteiger partial charge in [0.05, 0.1) is 16.9 Å². The van der Waals surface area contributed by atoms with Gasteiger partial charge in [0.2, 0.25) is 0 Å². The molecule has 11 nitrogen and oxygen atoms in total. The van der Waals surface area contributed by atoms with Gasteiger partial charge in [-0.25, -0.2) is 0 Å². The Kier molecular flexibility index (Phi) is 7.41. The number of nitrogens with one attached hydrogen (secondary N) is 4. The number of hydrazine groups is 2. The van der Waals surface area contributed by atoms with Crippen LogP contribution in [0.2, 0.25) is 0 Å². The van der Waals surface area contributed by atoms with E-state index in [1.807, 2.05) is 0 Å². The van der Waals surface area contributed by atoms with E-state index < -0.39 is 26.1 Å². The lowest BCUT2D eigenvalue weighted by atomic mass is 9.80. The minimum Gasteiger partial charge on any atom is -0.423 e. The average molecular weight is 435 g/mol. The van der Waals surface area contributed by atoms with Crippen LogP contribution in [-0.4, -0.2) is 51.1 Å². The molecule has 8 N–H and O–H groups in total. The number of benzene rings is 2. The van der Waals surface area contributed by atoms with E-state index in [1.54, 1.807) is 24.3 Å². The summed E-state index contributed by atoms with van der Waals surface area (Å²) in [5.41, 5.74) is 11.8. The summed E-state index contributed by atoms with van der Waals surface area (Å²) >= 11 is 0. The second-order valence-electron chi connectivity index (χ2n) is 6.59. The van der Waals surface area contributed by atoms with Crippen LogP contribution in [0.4, 0.5) is 11.4 Å². The van der Waals surface area contributed by atoms with Crippen molar-refractivity contribution < 1.29 is 29.7 Å². The van der Waals surface area contributed by atoms with Crippen molar-refractivity contribution in [2.75, 3.05) is 10.9 Å². The predicted octanol–water partition coefficient (Wildman–Crippen LogP) is -2.04. The maximum Gasteiger partial charge on any atom is 0.488 e. The number of hydrogen-bond acceptors (Lipinski definition) is 9. The molecule has 0 aliphatic heterocycles. The number of rotatable bonds is 8. The molecule has 3 rings (SSSR count). The van der Waals surface area contributed by atoms with Gasteiger partial charge in [0.15, 0.2) is 0 Å². The summed E-state index contributed by atoms with van der Waals surface area (Å²) in [5, 5.41) is 36.7. The van der Waals surface area contributed by atoms with Crippen molar-refractivity contribution in [3.8, 4) is 0 Å². The topological polar surface area (TPSA) is 176 Å². The molecule has 13 heteroatoms. The Morgan fingerprint density at radius 1 is 0.719 bits per heavy atom. The first-order valence-electron chi connectivity index (χ1n) is 9.34. The highest BCUT2D eigenvalue weighted by Gasteiger charge is 2.13. The van der Waals surface area contributed by atoms with Gasteiger partial charge in [-0.1, -0.05) is 24.3 Å². The van der Waals surface area contributed by atoms with E-state index in [9.17, 15) is 29.7 Å². The van der Waals surface area contributed by atoms with Gasteiger partial charge in [-0.2, -0.15) is 0 Å². The molecular weight excluding hydrogens is 416 g/mol. The maximum atomic E-state index is 12.2. The molecule has 2 aromatic carbocycles. The van der Waals surface area contributed by atoms with Gasteiger partial charge in [-0.15, -0.1) is 0 Å². The quantitative estimate of drug-likeness (QED) is 0.146. The largest absolute Gasteiger partial charge is 0.488 e. The third-order valence-electron chi connectivity index (χ3n) is 4.27. The minimum atomic E-state index is -1.63. The summed E-state index contributed by atoms with van der Waals surface area (Å²) in [5.74, 6) is -1.08. The summed E-state index contributed by atoms with van der Waals surface area (Å²) in [6.45, 7) is 0. The van der Waals surface area contributed by atoms with Crippen molar-refractivity contribution >= 4 is 48.4 Å². The van der Waals surface area contributed by atoms with Crippen LogP contribution in [0.25, 0.3) is 0 Å². The first-order valence-corrected chi connectivity index (χ1v) is 9.34. The van der Waals surface area contributed by atoms with Crippen LogP contribution >= 0.6 is 0 Å². The number of aromatic nitrogens is 1. The Balaban J connectivity index is 1.54. The Morgan fingerprint density at radius 3 is 1.72 bits per heavy atom. The van der Waals surface area contributed by atoms with Crippen molar-refractivity contribution in [2.24, 2.45) is 0 Å². The van der Waals surface area contributed by atoms with Gasteiger partial charge in [-0.3, -0.25) is 36.3 Å². The van der Waals surface area contributed by atoms with Crippen LogP contribution in [-0.2, 0) is 0 Å². The summed E-state index contributed by atoms with van der Waals surface area (Å²) < 4.78 is 0. The molecule has 0 bridgehead atoms. The summed E-state index contributed by atoms with van der Waals surface area (Å²) in [6, 6.07) is 15.2. The number of pyridine rings is 1. The Labute approximate surface area is 183 Å². The van der Waals surface area contributed by atoms with Crippen LogP contribution in [0.5, 0.6) is 0 Å². The Hall–Kier alpha value is -3.90. The summed E-state index contributed by atoms with van der Waals surface area (Å²) in [7, 11) is -3.26. The SMILES string of the molecule is O=C(NNc1cccc(B(O)O)c1)c1ccc(C(=O)NNc2cccc(B(O)O)c2)nc1. The molecule has 0 saturated carbocycles. The number of anilines is 2. The standard InChI is InChI=1S/C19H19B2N5O6/c27-18(25-23-15-5-1-3-13(9-15)20(29)30)12-7-8-17(22-11-12)19(28)26-24-16-6-2-4-14(10-16)21(31)32/h1-11,23-24,29-32H,(H,25,27)(H,26,28). The highest BCUT2D eigenvalue weighted by molar-refractivity contribution is 6.59. The minimum absolute atomic E-state index is 0.0463. The number of carbonyl (C=O) groups excluding carboxylic acids is 2. The molecule has 3 aromatic rings. The second-order valence-corrected chi connectivity index (χ2v) is 6.59. The van der Waals surface area contributed by atoms with Crippen LogP contribution in [0.3, 0.4) is 0 Å². The Bertz CT molecular complexity index is 1010. The van der Waals surface area contributed by atoms with Crippen LogP contribution in [0, 0.1) is 0 Å². The van der Waals surface area contributed by atoms with Crippen molar-refractivity contribution in [1.29, 1.82) is 0 Å². The van der Waals surface area contributed by atoms with Gasteiger partial charge in [0.1, 0.15) is 5.69 Å². The molecule has 162 valence electrons. The molecule has 0 radical (unpaired) electrons. The van der Waals surface area contributed by atoms with E-state index in [0.29, 0.717) is 11.4 Å². The van der Waals surface area contributed by atoms with Gasteiger partial charge < -0.3 is 20.1 Å². The smallest absolute Gasteiger partial charge is 0.423 e. The fourth-order valence-corrected chi connectivity index (χ4v) is 2.61. The van der Waals surface area contributed by atoms with Crippen molar-refractivity contribution in [3.63, 3.8) is 0 Å². The van der Waals surface area contributed by atoms with Crippen molar-refractivity contribution in [1.82, 2.24) is 15.8 Å². The van der Waals surface area contributed by atoms with E-state index in [0.717, 1.165) is 0 Å². The van der Waals surface area contributed by atoms with Gasteiger partial charge in [0.25, 0.3) is 11.8 Å². The molecular formula is C19H19B2N5O6. The van der Waals surface area contributed by atoms with E-state index in [2.05, 4.69) is 26.7 Å². The molecule has 2 amide bonds. The van der Waals surface area contributed by atoms with Crippen LogP contribution in [0.1, 0.15) is 20.8 Å². The fourth-order valence-electron chi connectivity index (χ4n) is 2.61.